The number of pyridine rings is 2. The van der Waals surface area contributed by atoms with Crippen LogP contribution in [0.2, 0.25) is 0 Å². The SMILES string of the molecule is FC(F)(F)c1ccc(CCc2ccc(Cc3c[nH]c4ncccc34)cn2)cc1. The standard InChI is InChI=1S/C22H18F3N3/c23-22(24,25)18-7-3-15(4-8-18)5-9-19-10-6-16(13-27-19)12-17-14-28-21-20(17)2-1-11-26-21/h1-4,6-8,10-11,13-14H,5,9,12H2,(H,26,28). The maximum Gasteiger partial charge on any atom is 0.416 e. The van der Waals surface area contributed by atoms with E-state index >= 15 is 0 Å². The molecule has 0 fully saturated rings. The zero-order valence-corrected chi connectivity index (χ0v) is 15.0. The lowest BCUT2D eigenvalue weighted by molar-refractivity contribution is -0.137. The summed E-state index contributed by atoms with van der Waals surface area (Å²) in [5, 5.41) is 1.11. The molecule has 4 aromatic rings. The Morgan fingerprint density at radius 3 is 2.36 bits per heavy atom. The van der Waals surface area contributed by atoms with Crippen LogP contribution in [0.5, 0.6) is 0 Å². The molecular weight excluding hydrogens is 363 g/mol. The van der Waals surface area contributed by atoms with Gasteiger partial charge in [0.05, 0.1) is 5.56 Å². The molecule has 0 unspecified atom stereocenters. The molecule has 0 radical (unpaired) electrons. The van der Waals surface area contributed by atoms with Crippen LogP contribution < -0.4 is 0 Å². The first-order valence-corrected chi connectivity index (χ1v) is 9.00. The minimum atomic E-state index is -4.29. The highest BCUT2D eigenvalue weighted by atomic mass is 19.4. The van der Waals surface area contributed by atoms with Gasteiger partial charge >= 0.3 is 6.18 Å². The van der Waals surface area contributed by atoms with Gasteiger partial charge in [0, 0.05) is 36.1 Å². The molecule has 4 rings (SSSR count). The summed E-state index contributed by atoms with van der Waals surface area (Å²) in [5.74, 6) is 0. The van der Waals surface area contributed by atoms with Gasteiger partial charge in [-0.25, -0.2) is 4.98 Å². The van der Waals surface area contributed by atoms with Crippen molar-refractivity contribution >= 4 is 11.0 Å². The summed E-state index contributed by atoms with van der Waals surface area (Å²) in [5.41, 5.74) is 4.31. The minimum Gasteiger partial charge on any atom is -0.346 e. The van der Waals surface area contributed by atoms with Crippen molar-refractivity contribution in [2.75, 3.05) is 0 Å². The fourth-order valence-corrected chi connectivity index (χ4v) is 3.22. The molecular formula is C22H18F3N3. The largest absolute Gasteiger partial charge is 0.416 e. The quantitative estimate of drug-likeness (QED) is 0.506. The van der Waals surface area contributed by atoms with E-state index in [0.717, 1.165) is 46.4 Å². The van der Waals surface area contributed by atoms with Crippen LogP contribution in [0.25, 0.3) is 11.0 Å². The van der Waals surface area contributed by atoms with Crippen LogP contribution in [0.1, 0.15) is 27.9 Å². The molecule has 1 N–H and O–H groups in total. The first kappa shape index (κ1) is 18.2. The van der Waals surface area contributed by atoms with E-state index in [-0.39, 0.29) is 0 Å². The number of hydrogen-bond acceptors (Lipinski definition) is 2. The molecule has 6 heteroatoms. The van der Waals surface area contributed by atoms with Crippen LogP contribution in [0.3, 0.4) is 0 Å². The van der Waals surface area contributed by atoms with Gasteiger partial charge < -0.3 is 4.98 Å². The molecule has 0 bridgehead atoms. The number of alkyl halides is 3. The summed E-state index contributed by atoms with van der Waals surface area (Å²) in [6, 6.07) is 13.3. The Hall–Kier alpha value is -3.15. The zero-order chi connectivity index (χ0) is 19.6. The second kappa shape index (κ2) is 7.46. The lowest BCUT2D eigenvalue weighted by Gasteiger charge is -2.08. The van der Waals surface area contributed by atoms with Crippen molar-refractivity contribution < 1.29 is 13.2 Å². The number of halogens is 3. The van der Waals surface area contributed by atoms with E-state index in [1.54, 1.807) is 6.20 Å². The maximum absolute atomic E-state index is 12.6. The van der Waals surface area contributed by atoms with Gasteiger partial charge in [-0.15, -0.1) is 0 Å². The van der Waals surface area contributed by atoms with Crippen molar-refractivity contribution in [3.05, 3.63) is 95.1 Å². The highest BCUT2D eigenvalue weighted by Crippen LogP contribution is 2.29. The van der Waals surface area contributed by atoms with Crippen LogP contribution in [0.15, 0.2) is 67.1 Å². The third-order valence-corrected chi connectivity index (χ3v) is 4.77. The van der Waals surface area contributed by atoms with Crippen LogP contribution in [-0.4, -0.2) is 15.0 Å². The average Bonchev–Trinajstić information content (AvgIpc) is 3.10. The van der Waals surface area contributed by atoms with Gasteiger partial charge in [0.25, 0.3) is 0 Å². The smallest absolute Gasteiger partial charge is 0.346 e. The van der Waals surface area contributed by atoms with Crippen molar-refractivity contribution in [3.63, 3.8) is 0 Å². The number of nitrogens with one attached hydrogen (secondary N) is 1. The number of H-pyrrole nitrogens is 1. The lowest BCUT2D eigenvalue weighted by atomic mass is 10.0. The third kappa shape index (κ3) is 4.06. The second-order valence-corrected chi connectivity index (χ2v) is 6.74. The van der Waals surface area contributed by atoms with Crippen LogP contribution >= 0.6 is 0 Å². The van der Waals surface area contributed by atoms with Gasteiger partial charge in [0.2, 0.25) is 0 Å². The first-order valence-electron chi connectivity index (χ1n) is 9.00. The van der Waals surface area contributed by atoms with E-state index in [0.29, 0.717) is 12.8 Å². The fourth-order valence-electron chi connectivity index (χ4n) is 3.22. The van der Waals surface area contributed by atoms with E-state index in [9.17, 15) is 13.2 Å². The molecule has 0 aliphatic carbocycles. The number of aryl methyl sites for hydroxylation is 2. The van der Waals surface area contributed by atoms with Crippen molar-refractivity contribution in [2.45, 2.75) is 25.4 Å². The van der Waals surface area contributed by atoms with E-state index in [1.165, 1.54) is 17.7 Å². The molecule has 3 nitrogen and oxygen atoms in total. The highest BCUT2D eigenvalue weighted by Gasteiger charge is 2.29. The number of aromatic amines is 1. The number of nitrogens with zero attached hydrogens (tertiary/aromatic N) is 2. The average molecular weight is 381 g/mol. The van der Waals surface area contributed by atoms with Crippen LogP contribution in [0.4, 0.5) is 13.2 Å². The van der Waals surface area contributed by atoms with Gasteiger partial charge in [0.1, 0.15) is 5.65 Å². The molecule has 1 aromatic carbocycles. The first-order chi connectivity index (χ1) is 13.5. The van der Waals surface area contributed by atoms with Crippen molar-refractivity contribution in [1.82, 2.24) is 15.0 Å². The number of benzene rings is 1. The van der Waals surface area contributed by atoms with Gasteiger partial charge in [0.15, 0.2) is 0 Å². The minimum absolute atomic E-state index is 0.619. The number of rotatable bonds is 5. The Bertz CT molecular complexity index is 1060. The molecule has 0 spiro atoms. The fraction of sp³-hybridized carbons (Fsp3) is 0.182. The molecule has 0 atom stereocenters. The highest BCUT2D eigenvalue weighted by molar-refractivity contribution is 5.79. The summed E-state index contributed by atoms with van der Waals surface area (Å²) >= 11 is 0. The zero-order valence-electron chi connectivity index (χ0n) is 15.0. The van der Waals surface area contributed by atoms with Crippen molar-refractivity contribution in [1.29, 1.82) is 0 Å². The number of hydrogen-bond donors (Lipinski definition) is 1. The molecule has 3 aromatic heterocycles. The van der Waals surface area contributed by atoms with Crippen LogP contribution in [-0.2, 0) is 25.4 Å². The maximum atomic E-state index is 12.6. The normalized spacial score (nSPS) is 11.8. The Kier molecular flexibility index (Phi) is 4.86. The summed E-state index contributed by atoms with van der Waals surface area (Å²) in [6.45, 7) is 0. The van der Waals surface area contributed by atoms with Crippen molar-refractivity contribution in [3.8, 4) is 0 Å². The van der Waals surface area contributed by atoms with E-state index in [2.05, 4.69) is 15.0 Å². The predicted molar refractivity (Wildman–Crippen MR) is 102 cm³/mol. The Balaban J connectivity index is 1.38. The molecule has 0 aliphatic heterocycles. The predicted octanol–water partition coefficient (Wildman–Crippen LogP) is 5.35. The summed E-state index contributed by atoms with van der Waals surface area (Å²) in [6.07, 6.45) is 3.39. The molecule has 142 valence electrons. The lowest BCUT2D eigenvalue weighted by Crippen LogP contribution is -2.04. The monoisotopic (exact) mass is 381 g/mol. The number of aromatic nitrogens is 3. The molecule has 0 saturated carbocycles. The van der Waals surface area contributed by atoms with Gasteiger partial charge in [-0.3, -0.25) is 4.98 Å². The molecule has 0 amide bonds. The van der Waals surface area contributed by atoms with Gasteiger partial charge in [-0.05, 0) is 59.9 Å². The second-order valence-electron chi connectivity index (χ2n) is 6.74. The van der Waals surface area contributed by atoms with E-state index in [1.807, 2.05) is 36.7 Å². The third-order valence-electron chi connectivity index (χ3n) is 4.77. The summed E-state index contributed by atoms with van der Waals surface area (Å²) < 4.78 is 37.8. The Morgan fingerprint density at radius 1 is 0.857 bits per heavy atom. The van der Waals surface area contributed by atoms with E-state index in [4.69, 9.17) is 0 Å². The van der Waals surface area contributed by atoms with E-state index < -0.39 is 11.7 Å². The van der Waals surface area contributed by atoms with Gasteiger partial charge in [-0.2, -0.15) is 13.2 Å². The van der Waals surface area contributed by atoms with Crippen LogP contribution in [0, 0.1) is 0 Å². The summed E-state index contributed by atoms with van der Waals surface area (Å²) in [4.78, 5) is 12.0. The topological polar surface area (TPSA) is 41.6 Å². The molecule has 3 heterocycles. The molecule has 0 aliphatic rings. The summed E-state index contributed by atoms with van der Waals surface area (Å²) in [7, 11) is 0. The Morgan fingerprint density at radius 2 is 1.64 bits per heavy atom. The van der Waals surface area contributed by atoms with Gasteiger partial charge in [-0.1, -0.05) is 18.2 Å². The van der Waals surface area contributed by atoms with Crippen molar-refractivity contribution in [2.24, 2.45) is 0 Å². The molecule has 0 saturated heterocycles. The number of fused-ring (bicyclic) bond motifs is 1. The Labute approximate surface area is 160 Å². The molecule has 28 heavy (non-hydrogen) atoms.